The normalized spacial score (nSPS) is 10.3. The first-order valence-electron chi connectivity index (χ1n) is 5.44. The van der Waals surface area contributed by atoms with Gasteiger partial charge in [-0.25, -0.2) is 4.98 Å². The van der Waals surface area contributed by atoms with Crippen molar-refractivity contribution in [3.05, 3.63) is 35.7 Å². The molecule has 1 amide bonds. The minimum atomic E-state index is -0.258. The zero-order valence-electron chi connectivity index (χ0n) is 9.88. The number of rotatable bonds is 4. The van der Waals surface area contributed by atoms with E-state index in [0.717, 1.165) is 0 Å². The Balaban J connectivity index is 1.83. The van der Waals surface area contributed by atoms with Crippen LogP contribution in [-0.4, -0.2) is 27.6 Å². The van der Waals surface area contributed by atoms with Crippen molar-refractivity contribution in [2.75, 3.05) is 12.3 Å². The molecule has 0 saturated carbocycles. The summed E-state index contributed by atoms with van der Waals surface area (Å²) in [6, 6.07) is 3.20. The largest absolute Gasteiger partial charge is 0.397 e. The molecule has 0 aliphatic heterocycles. The number of amides is 1. The summed E-state index contributed by atoms with van der Waals surface area (Å²) in [5, 5.41) is 6.36. The van der Waals surface area contributed by atoms with E-state index in [1.54, 1.807) is 19.1 Å². The minimum absolute atomic E-state index is 0.258. The second kappa shape index (κ2) is 5.26. The van der Waals surface area contributed by atoms with Gasteiger partial charge in [-0.2, -0.15) is 4.98 Å². The summed E-state index contributed by atoms with van der Waals surface area (Å²) in [5.74, 6) is 0.820. The second-order valence-electron chi connectivity index (χ2n) is 3.72. The SMILES string of the molecule is Cc1noc(CCNC(=O)c2ccc(N)cn2)n1. The summed E-state index contributed by atoms with van der Waals surface area (Å²) in [4.78, 5) is 19.6. The molecule has 18 heavy (non-hydrogen) atoms. The molecular weight excluding hydrogens is 234 g/mol. The van der Waals surface area contributed by atoms with Crippen LogP contribution in [0.1, 0.15) is 22.2 Å². The average molecular weight is 247 g/mol. The highest BCUT2D eigenvalue weighted by atomic mass is 16.5. The van der Waals surface area contributed by atoms with E-state index in [1.165, 1.54) is 6.20 Å². The highest BCUT2D eigenvalue weighted by molar-refractivity contribution is 5.92. The fraction of sp³-hybridized carbons (Fsp3) is 0.273. The monoisotopic (exact) mass is 247 g/mol. The molecule has 0 bridgehead atoms. The maximum Gasteiger partial charge on any atom is 0.269 e. The molecule has 0 fully saturated rings. The van der Waals surface area contributed by atoms with Gasteiger partial charge < -0.3 is 15.6 Å². The average Bonchev–Trinajstić information content (AvgIpc) is 2.76. The van der Waals surface area contributed by atoms with Crippen LogP contribution in [0, 0.1) is 6.92 Å². The molecule has 2 rings (SSSR count). The Bertz CT molecular complexity index is 535. The maximum atomic E-state index is 11.7. The highest BCUT2D eigenvalue weighted by Gasteiger charge is 2.07. The van der Waals surface area contributed by atoms with Crippen LogP contribution in [0.2, 0.25) is 0 Å². The van der Waals surface area contributed by atoms with Crippen molar-refractivity contribution in [1.82, 2.24) is 20.4 Å². The first-order chi connectivity index (χ1) is 8.65. The Morgan fingerprint density at radius 3 is 2.94 bits per heavy atom. The number of carbonyl (C=O) groups is 1. The number of hydrogen-bond acceptors (Lipinski definition) is 6. The molecule has 94 valence electrons. The third-order valence-electron chi connectivity index (χ3n) is 2.21. The standard InChI is InChI=1S/C11H13N5O2/c1-7-15-10(18-16-7)4-5-13-11(17)9-3-2-8(12)6-14-9/h2-3,6H,4-5,12H2,1H3,(H,13,17). The molecule has 0 aliphatic carbocycles. The fourth-order valence-electron chi connectivity index (χ4n) is 1.35. The summed E-state index contributed by atoms with van der Waals surface area (Å²) in [6.45, 7) is 2.15. The van der Waals surface area contributed by atoms with E-state index in [2.05, 4.69) is 20.4 Å². The molecule has 0 spiro atoms. The molecule has 3 N–H and O–H groups in total. The number of nitrogen functional groups attached to an aromatic ring is 1. The number of nitrogens with zero attached hydrogens (tertiary/aromatic N) is 3. The third kappa shape index (κ3) is 3.03. The summed E-state index contributed by atoms with van der Waals surface area (Å²) in [7, 11) is 0. The van der Waals surface area contributed by atoms with Gasteiger partial charge in [0.1, 0.15) is 5.69 Å². The number of pyridine rings is 1. The Morgan fingerprint density at radius 2 is 2.33 bits per heavy atom. The molecule has 0 radical (unpaired) electrons. The van der Waals surface area contributed by atoms with Crippen molar-refractivity contribution >= 4 is 11.6 Å². The quantitative estimate of drug-likeness (QED) is 0.806. The van der Waals surface area contributed by atoms with E-state index in [4.69, 9.17) is 10.3 Å². The van der Waals surface area contributed by atoms with Crippen molar-refractivity contribution < 1.29 is 9.32 Å². The van der Waals surface area contributed by atoms with Crippen molar-refractivity contribution in [1.29, 1.82) is 0 Å². The summed E-state index contributed by atoms with van der Waals surface area (Å²) in [5.41, 5.74) is 6.33. The topological polar surface area (TPSA) is 107 Å². The molecule has 0 atom stereocenters. The lowest BCUT2D eigenvalue weighted by Gasteiger charge is -2.02. The molecule has 0 aliphatic rings. The van der Waals surface area contributed by atoms with Gasteiger partial charge in [-0.15, -0.1) is 0 Å². The van der Waals surface area contributed by atoms with Crippen LogP contribution in [-0.2, 0) is 6.42 Å². The van der Waals surface area contributed by atoms with Crippen molar-refractivity contribution in [3.8, 4) is 0 Å². The number of nitrogens with one attached hydrogen (secondary N) is 1. The molecule has 0 aromatic carbocycles. The number of hydrogen-bond donors (Lipinski definition) is 2. The van der Waals surface area contributed by atoms with E-state index in [0.29, 0.717) is 36.1 Å². The Kier molecular flexibility index (Phi) is 3.52. The molecule has 0 saturated heterocycles. The van der Waals surface area contributed by atoms with Crippen LogP contribution < -0.4 is 11.1 Å². The molecule has 7 heteroatoms. The molecule has 0 unspecified atom stereocenters. The Morgan fingerprint density at radius 1 is 1.50 bits per heavy atom. The van der Waals surface area contributed by atoms with E-state index in [1.807, 2.05) is 0 Å². The lowest BCUT2D eigenvalue weighted by atomic mass is 10.3. The summed E-state index contributed by atoms with van der Waals surface area (Å²) < 4.78 is 4.92. The van der Waals surface area contributed by atoms with Gasteiger partial charge in [0.2, 0.25) is 5.89 Å². The van der Waals surface area contributed by atoms with Gasteiger partial charge in [0.15, 0.2) is 5.82 Å². The first kappa shape index (κ1) is 12.0. The van der Waals surface area contributed by atoms with Crippen molar-refractivity contribution in [2.24, 2.45) is 0 Å². The smallest absolute Gasteiger partial charge is 0.269 e. The highest BCUT2D eigenvalue weighted by Crippen LogP contribution is 2.01. The first-order valence-corrected chi connectivity index (χ1v) is 5.44. The van der Waals surface area contributed by atoms with Crippen LogP contribution >= 0.6 is 0 Å². The molecule has 2 aromatic heterocycles. The van der Waals surface area contributed by atoms with Crippen LogP contribution in [0.4, 0.5) is 5.69 Å². The van der Waals surface area contributed by atoms with Gasteiger partial charge in [0.05, 0.1) is 11.9 Å². The van der Waals surface area contributed by atoms with Gasteiger partial charge >= 0.3 is 0 Å². The zero-order valence-corrected chi connectivity index (χ0v) is 9.88. The zero-order chi connectivity index (χ0) is 13.0. The van der Waals surface area contributed by atoms with Crippen molar-refractivity contribution in [3.63, 3.8) is 0 Å². The number of nitrogens with two attached hydrogens (primary N) is 1. The van der Waals surface area contributed by atoms with Crippen LogP contribution in [0.15, 0.2) is 22.9 Å². The van der Waals surface area contributed by atoms with Crippen LogP contribution in [0.5, 0.6) is 0 Å². The Labute approximate surface area is 103 Å². The van der Waals surface area contributed by atoms with Gasteiger partial charge in [0.25, 0.3) is 5.91 Å². The predicted molar refractivity (Wildman–Crippen MR) is 63.7 cm³/mol. The number of carbonyl (C=O) groups excluding carboxylic acids is 1. The van der Waals surface area contributed by atoms with Crippen molar-refractivity contribution in [2.45, 2.75) is 13.3 Å². The molecule has 2 heterocycles. The number of anilines is 1. The molecular formula is C11H13N5O2. The van der Waals surface area contributed by atoms with Gasteiger partial charge in [-0.05, 0) is 19.1 Å². The van der Waals surface area contributed by atoms with Crippen LogP contribution in [0.25, 0.3) is 0 Å². The third-order valence-corrected chi connectivity index (χ3v) is 2.21. The lowest BCUT2D eigenvalue weighted by molar-refractivity contribution is 0.0948. The van der Waals surface area contributed by atoms with E-state index < -0.39 is 0 Å². The van der Waals surface area contributed by atoms with Crippen LogP contribution in [0.3, 0.4) is 0 Å². The minimum Gasteiger partial charge on any atom is -0.397 e. The molecule has 2 aromatic rings. The Hall–Kier alpha value is -2.44. The van der Waals surface area contributed by atoms with Gasteiger partial charge in [0, 0.05) is 13.0 Å². The van der Waals surface area contributed by atoms with E-state index >= 15 is 0 Å². The van der Waals surface area contributed by atoms with Gasteiger partial charge in [-0.1, -0.05) is 5.16 Å². The fourth-order valence-corrected chi connectivity index (χ4v) is 1.35. The number of aromatic nitrogens is 3. The predicted octanol–water partition coefficient (Wildman–Crippen LogP) is 0.328. The number of aryl methyl sites for hydroxylation is 1. The van der Waals surface area contributed by atoms with E-state index in [9.17, 15) is 4.79 Å². The second-order valence-corrected chi connectivity index (χ2v) is 3.72. The summed E-state index contributed by atoms with van der Waals surface area (Å²) >= 11 is 0. The lowest BCUT2D eigenvalue weighted by Crippen LogP contribution is -2.26. The molecule has 7 nitrogen and oxygen atoms in total. The van der Waals surface area contributed by atoms with Gasteiger partial charge in [-0.3, -0.25) is 4.79 Å². The maximum absolute atomic E-state index is 11.7. The summed E-state index contributed by atoms with van der Waals surface area (Å²) in [6.07, 6.45) is 1.93. The van der Waals surface area contributed by atoms with E-state index in [-0.39, 0.29) is 5.91 Å².